The van der Waals surface area contributed by atoms with Gasteiger partial charge in [0.25, 0.3) is 0 Å². The molecule has 8 rings (SSSR count). The highest BCUT2D eigenvalue weighted by molar-refractivity contribution is 7.89. The number of carbonyl (C=O) groups excluding carboxylic acids is 1. The second-order valence-electron chi connectivity index (χ2n) is 18.9. The smallest absolute Gasteiger partial charge is 0.329 e. The molecule has 2 unspecified atom stereocenters. The number of carboxylic acid groups (broad SMARTS) is 1. The van der Waals surface area contributed by atoms with Gasteiger partial charge in [-0.2, -0.15) is 8.61 Å². The molecule has 0 bridgehead atoms. The highest BCUT2D eigenvalue weighted by Crippen LogP contribution is 2.34. The Hall–Kier alpha value is -6.63. The molecular formula is C57H72ClN7O13S2. The number of methoxy groups -OCH3 is 2. The number of Topliss-reactive ketones (excluding diaryl/α,β-unsaturated/α-hetero) is 1. The summed E-state index contributed by atoms with van der Waals surface area (Å²) >= 11 is 0. The van der Waals surface area contributed by atoms with Gasteiger partial charge < -0.3 is 39.3 Å². The number of nitrogens with two attached hydrogens (primary N) is 1. The molecule has 0 amide bonds. The fourth-order valence-corrected chi connectivity index (χ4v) is 13.6. The van der Waals surface area contributed by atoms with Gasteiger partial charge in [-0.15, -0.1) is 12.4 Å². The van der Waals surface area contributed by atoms with Crippen molar-refractivity contribution in [1.82, 2.24) is 28.5 Å². The highest BCUT2D eigenvalue weighted by atomic mass is 35.5. The van der Waals surface area contributed by atoms with Crippen LogP contribution in [0.1, 0.15) is 78.3 Å². The standard InChI is InChI=1S/C29H35N3O6S.C17H25NO6S.C11H11N3O.ClH/c1-21-16-26(36-3)17-22(2)29(21)39(34,35)32-15-7-6-9-24(32)19-37-20-25(33)12-11-23-8-4-5-10-27(23)38-28-18-30-13-14-31-28;1-12-8-15(23-3)9-13(2)17(12)25(21,22)18-7-5-4-6-14(18)10-24-11-16(19)20;12-7-9-3-1-2-4-10(9)15-11-8-13-5-6-14-11;/h4-5,8,10,13-14,16-18,24H,6-7,9,11-12,15,19-20H2,1-3H3;8-9,14H,4-7,10-11H2,1-3H3,(H,19,20);1-6,8H,7,12H2;1H. The molecule has 0 spiro atoms. The number of piperidine rings is 2. The van der Waals surface area contributed by atoms with E-state index < -0.39 is 32.6 Å². The van der Waals surface area contributed by atoms with E-state index in [1.54, 1.807) is 101 Å². The predicted octanol–water partition coefficient (Wildman–Crippen LogP) is 8.76. The van der Waals surface area contributed by atoms with Crippen LogP contribution in [0, 0.1) is 27.7 Å². The lowest BCUT2D eigenvalue weighted by atomic mass is 10.1. The number of aliphatic carboxylic acids is 1. The predicted molar refractivity (Wildman–Crippen MR) is 303 cm³/mol. The lowest BCUT2D eigenvalue weighted by Crippen LogP contribution is -2.46. The van der Waals surface area contributed by atoms with E-state index in [1.165, 1.54) is 10.5 Å². The summed E-state index contributed by atoms with van der Waals surface area (Å²) in [6, 6.07) is 21.3. The molecule has 4 aromatic carbocycles. The molecule has 2 aromatic heterocycles. The molecule has 3 N–H and O–H groups in total. The molecule has 2 aliphatic rings. The second kappa shape index (κ2) is 31.4. The maximum atomic E-state index is 13.7. The summed E-state index contributed by atoms with van der Waals surface area (Å²) < 4.78 is 89.7. The first kappa shape index (κ1) is 64.2. The quantitative estimate of drug-likeness (QED) is 0.0643. The molecule has 80 heavy (non-hydrogen) atoms. The van der Waals surface area contributed by atoms with E-state index in [1.807, 2.05) is 48.5 Å². The molecule has 2 saturated heterocycles. The minimum absolute atomic E-state index is 0. The Bertz CT molecular complexity index is 3140. The number of aromatic nitrogens is 4. The highest BCUT2D eigenvalue weighted by Gasteiger charge is 2.37. The Kier molecular flexibility index (Phi) is 25.2. The Morgan fingerprint density at radius 1 is 0.625 bits per heavy atom. The van der Waals surface area contributed by atoms with E-state index in [4.69, 9.17) is 39.3 Å². The number of carboxylic acids is 1. The van der Waals surface area contributed by atoms with Crippen LogP contribution in [0.3, 0.4) is 0 Å². The third-order valence-electron chi connectivity index (χ3n) is 13.1. The topological polar surface area (TPSA) is 262 Å². The number of benzene rings is 4. The lowest BCUT2D eigenvalue weighted by molar-refractivity contribution is -0.142. The summed E-state index contributed by atoms with van der Waals surface area (Å²) in [6.45, 7) is 8.11. The molecule has 2 fully saturated rings. The second-order valence-corrected chi connectivity index (χ2v) is 22.5. The summed E-state index contributed by atoms with van der Waals surface area (Å²) in [5.74, 6) is 2.32. The van der Waals surface area contributed by atoms with Crippen LogP contribution in [0.15, 0.2) is 120 Å². The van der Waals surface area contributed by atoms with E-state index in [0.717, 1.165) is 42.6 Å². The zero-order chi connectivity index (χ0) is 57.0. The average molecular weight is 1160 g/mol. The van der Waals surface area contributed by atoms with E-state index in [0.29, 0.717) is 100.0 Å². The first-order valence-electron chi connectivity index (χ1n) is 25.9. The monoisotopic (exact) mass is 1160 g/mol. The zero-order valence-corrected chi connectivity index (χ0v) is 48.4. The van der Waals surface area contributed by atoms with Crippen LogP contribution in [0.2, 0.25) is 0 Å². The number of nitrogens with zero attached hydrogens (tertiary/aromatic N) is 6. The minimum atomic E-state index is -3.74. The Labute approximate surface area is 475 Å². The molecule has 2 aliphatic heterocycles. The van der Waals surface area contributed by atoms with Gasteiger partial charge in [-0.3, -0.25) is 14.8 Å². The van der Waals surface area contributed by atoms with Crippen LogP contribution in [-0.2, 0) is 52.1 Å². The number of sulfonamides is 2. The van der Waals surface area contributed by atoms with Crippen LogP contribution in [0.4, 0.5) is 0 Å². The third-order valence-corrected chi connectivity index (χ3v) is 17.6. The lowest BCUT2D eigenvalue weighted by Gasteiger charge is -2.35. The molecule has 0 saturated carbocycles. The van der Waals surface area contributed by atoms with Gasteiger partial charge in [0.2, 0.25) is 31.8 Å². The van der Waals surface area contributed by atoms with Crippen molar-refractivity contribution in [1.29, 1.82) is 0 Å². The number of ether oxygens (including phenoxy) is 6. The third kappa shape index (κ3) is 17.9. The first-order valence-corrected chi connectivity index (χ1v) is 28.8. The summed E-state index contributed by atoms with van der Waals surface area (Å²) in [7, 11) is -4.33. The molecule has 0 aliphatic carbocycles. The van der Waals surface area contributed by atoms with Gasteiger partial charge in [-0.05, 0) is 124 Å². The Morgan fingerprint density at radius 2 is 1.05 bits per heavy atom. The van der Waals surface area contributed by atoms with Crippen LogP contribution < -0.4 is 24.7 Å². The maximum Gasteiger partial charge on any atom is 0.329 e. The van der Waals surface area contributed by atoms with E-state index in [9.17, 15) is 26.4 Å². The molecule has 23 heteroatoms. The summed E-state index contributed by atoms with van der Waals surface area (Å²) in [4.78, 5) is 39.9. The van der Waals surface area contributed by atoms with Gasteiger partial charge in [0.05, 0.1) is 49.6 Å². The van der Waals surface area contributed by atoms with Gasteiger partial charge in [0.1, 0.15) is 36.2 Å². The summed E-state index contributed by atoms with van der Waals surface area (Å²) in [6.07, 6.45) is 14.9. The minimum Gasteiger partial charge on any atom is -0.497 e. The van der Waals surface area contributed by atoms with Crippen molar-refractivity contribution in [2.45, 2.75) is 107 Å². The number of carbonyl (C=O) groups is 2. The molecule has 4 heterocycles. The van der Waals surface area contributed by atoms with Crippen LogP contribution >= 0.6 is 12.4 Å². The summed E-state index contributed by atoms with van der Waals surface area (Å²) in [5, 5.41) is 8.70. The Balaban J connectivity index is 0.000000244. The Morgan fingerprint density at radius 3 is 1.46 bits per heavy atom. The number of rotatable bonds is 22. The van der Waals surface area contributed by atoms with Gasteiger partial charge in [0.15, 0.2) is 5.78 Å². The average Bonchev–Trinajstić information content (AvgIpc) is 3.59. The van der Waals surface area contributed by atoms with Gasteiger partial charge in [-0.25, -0.2) is 31.6 Å². The number of para-hydroxylation sites is 2. The number of halogens is 1. The SMILES string of the molecule is COc1cc(C)c(S(=O)(=O)N2CCCCC2COCC(=O)CCc2ccccc2Oc2cnccn2)c(C)c1.COc1cc(C)c(S(=O)(=O)N2CCCCC2COCC(=O)O)c(C)c1.Cl.NCc1ccccc1Oc1cnccn1. The molecule has 432 valence electrons. The van der Waals surface area contributed by atoms with E-state index in [-0.39, 0.29) is 56.5 Å². The van der Waals surface area contributed by atoms with E-state index >= 15 is 0 Å². The van der Waals surface area contributed by atoms with Crippen LogP contribution in [-0.4, -0.2) is 128 Å². The van der Waals surface area contributed by atoms with Crippen molar-refractivity contribution in [3.8, 4) is 34.8 Å². The molecule has 20 nitrogen and oxygen atoms in total. The van der Waals surface area contributed by atoms with Gasteiger partial charge >= 0.3 is 5.97 Å². The van der Waals surface area contributed by atoms with Gasteiger partial charge in [0, 0.05) is 68.5 Å². The maximum absolute atomic E-state index is 13.7. The van der Waals surface area contributed by atoms with Crippen molar-refractivity contribution in [2.75, 3.05) is 53.7 Å². The number of ketones is 1. The molecular weight excluding hydrogens is 1090 g/mol. The van der Waals surface area contributed by atoms with E-state index in [2.05, 4.69) is 19.9 Å². The number of hydrogen-bond acceptors (Lipinski definition) is 17. The number of hydrogen-bond donors (Lipinski definition) is 2. The van der Waals surface area contributed by atoms with Crippen LogP contribution in [0.5, 0.6) is 34.8 Å². The largest absolute Gasteiger partial charge is 0.497 e. The molecule has 2 atom stereocenters. The molecule has 0 radical (unpaired) electrons. The zero-order valence-electron chi connectivity index (χ0n) is 46.0. The normalized spacial score (nSPS) is 15.6. The van der Waals surface area contributed by atoms with Crippen LogP contribution in [0.25, 0.3) is 0 Å². The first-order chi connectivity index (χ1) is 38.0. The number of aryl methyl sites for hydroxylation is 5. The van der Waals surface area contributed by atoms with Crippen molar-refractivity contribution in [2.24, 2.45) is 5.73 Å². The fourth-order valence-electron chi connectivity index (χ4n) is 9.44. The molecule has 6 aromatic rings. The van der Waals surface area contributed by atoms with Gasteiger partial charge in [-0.1, -0.05) is 49.2 Å². The van der Waals surface area contributed by atoms with Crippen molar-refractivity contribution < 1.29 is 60.0 Å². The van der Waals surface area contributed by atoms with Crippen molar-refractivity contribution in [3.63, 3.8) is 0 Å². The van der Waals surface area contributed by atoms with Crippen molar-refractivity contribution >= 4 is 44.2 Å². The van der Waals surface area contributed by atoms with Crippen molar-refractivity contribution in [3.05, 3.63) is 143 Å². The fraction of sp³-hybridized carbons (Fsp3) is 0.404. The summed E-state index contributed by atoms with van der Waals surface area (Å²) in [5.41, 5.74) is 9.98.